The molecule has 0 aromatic rings. The number of hydrogen-bond acceptors (Lipinski definition) is 2. The predicted octanol–water partition coefficient (Wildman–Crippen LogP) is 3.24. The van der Waals surface area contributed by atoms with Gasteiger partial charge in [0.05, 0.1) is 6.42 Å². The highest BCUT2D eigenvalue weighted by Gasteiger charge is 2.33. The molecular weight excluding hydrogens is 268 g/mol. The number of rotatable bonds is 8. The van der Waals surface area contributed by atoms with Crippen LogP contribution in [-0.4, -0.2) is 40.6 Å². The molecule has 2 amide bonds. The second-order valence-electron chi connectivity index (χ2n) is 7.29. The summed E-state index contributed by atoms with van der Waals surface area (Å²) in [5.74, 6) is -0.865. The van der Waals surface area contributed by atoms with Crippen molar-refractivity contribution in [3.05, 3.63) is 0 Å². The number of carbonyl (C=O) groups is 2. The Bertz CT molecular complexity index is 359. The van der Waals surface area contributed by atoms with Gasteiger partial charge < -0.3 is 15.3 Å². The summed E-state index contributed by atoms with van der Waals surface area (Å²) >= 11 is 0. The minimum atomic E-state index is -0.865. The number of hydrogen-bond donors (Lipinski definition) is 2. The van der Waals surface area contributed by atoms with Gasteiger partial charge in [-0.15, -0.1) is 0 Å². The van der Waals surface area contributed by atoms with Gasteiger partial charge >= 0.3 is 12.0 Å². The Morgan fingerprint density at radius 2 is 1.95 bits per heavy atom. The van der Waals surface area contributed by atoms with Crippen LogP contribution in [0.15, 0.2) is 0 Å². The van der Waals surface area contributed by atoms with Crippen LogP contribution in [0.1, 0.15) is 66.2 Å². The third-order valence-electron chi connectivity index (χ3n) is 3.61. The van der Waals surface area contributed by atoms with Gasteiger partial charge in [-0.05, 0) is 31.1 Å². The average molecular weight is 298 g/mol. The molecule has 1 rings (SSSR count). The van der Waals surface area contributed by atoms with Crippen LogP contribution < -0.4 is 5.32 Å². The first kappa shape index (κ1) is 17.8. The summed E-state index contributed by atoms with van der Waals surface area (Å²) in [6, 6.07) is -0.0454. The Morgan fingerprint density at radius 3 is 2.38 bits per heavy atom. The number of nitrogens with zero attached hydrogens (tertiary/aromatic N) is 1. The van der Waals surface area contributed by atoms with E-state index in [1.165, 1.54) is 0 Å². The van der Waals surface area contributed by atoms with Crippen molar-refractivity contribution in [2.75, 3.05) is 6.54 Å². The molecule has 122 valence electrons. The zero-order valence-electron chi connectivity index (χ0n) is 13.8. The molecule has 1 saturated carbocycles. The van der Waals surface area contributed by atoms with Crippen LogP contribution in [0.25, 0.3) is 0 Å². The van der Waals surface area contributed by atoms with Gasteiger partial charge in [0.25, 0.3) is 0 Å². The lowest BCUT2D eigenvalue weighted by atomic mass is 9.87. The van der Waals surface area contributed by atoms with Crippen LogP contribution in [0.5, 0.6) is 0 Å². The van der Waals surface area contributed by atoms with Crippen molar-refractivity contribution in [3.8, 4) is 0 Å². The molecule has 0 aromatic carbocycles. The highest BCUT2D eigenvalue weighted by atomic mass is 16.4. The summed E-state index contributed by atoms with van der Waals surface area (Å²) in [6.07, 6.45) is 4.83. The SMILES string of the molecule is CCCCN(C(=O)NC(CC(=O)O)CC(C)(C)C)C1CC1. The van der Waals surface area contributed by atoms with E-state index in [1.54, 1.807) is 0 Å². The maximum absolute atomic E-state index is 12.4. The number of carbonyl (C=O) groups excluding carboxylic acids is 1. The molecule has 1 aliphatic rings. The molecule has 1 unspecified atom stereocenters. The van der Waals surface area contributed by atoms with Crippen LogP contribution in [0.3, 0.4) is 0 Å². The Morgan fingerprint density at radius 1 is 1.33 bits per heavy atom. The first-order valence-corrected chi connectivity index (χ1v) is 8.02. The second-order valence-corrected chi connectivity index (χ2v) is 7.29. The summed E-state index contributed by atoms with van der Waals surface area (Å²) in [5.41, 5.74) is -0.0127. The van der Waals surface area contributed by atoms with Crippen LogP contribution >= 0.6 is 0 Å². The molecule has 0 heterocycles. The number of aliphatic carboxylic acids is 1. The molecule has 0 saturated heterocycles. The van der Waals surface area contributed by atoms with Crippen LogP contribution in [0.4, 0.5) is 4.79 Å². The van der Waals surface area contributed by atoms with E-state index in [0.717, 1.165) is 32.2 Å². The summed E-state index contributed by atoms with van der Waals surface area (Å²) < 4.78 is 0. The number of amides is 2. The summed E-state index contributed by atoms with van der Waals surface area (Å²) in [7, 11) is 0. The van der Waals surface area contributed by atoms with Crippen LogP contribution in [0.2, 0.25) is 0 Å². The van der Waals surface area contributed by atoms with E-state index in [9.17, 15) is 9.59 Å². The average Bonchev–Trinajstić information content (AvgIpc) is 3.10. The van der Waals surface area contributed by atoms with E-state index in [-0.39, 0.29) is 23.9 Å². The number of carboxylic acids is 1. The van der Waals surface area contributed by atoms with Crippen molar-refractivity contribution in [3.63, 3.8) is 0 Å². The van der Waals surface area contributed by atoms with E-state index in [1.807, 2.05) is 4.90 Å². The quantitative estimate of drug-likeness (QED) is 0.722. The smallest absolute Gasteiger partial charge is 0.317 e. The van der Waals surface area contributed by atoms with Gasteiger partial charge in [0, 0.05) is 18.6 Å². The largest absolute Gasteiger partial charge is 0.481 e. The molecule has 0 radical (unpaired) electrons. The van der Waals surface area contributed by atoms with Gasteiger partial charge in [0.1, 0.15) is 0 Å². The number of nitrogens with one attached hydrogen (secondary N) is 1. The zero-order chi connectivity index (χ0) is 16.0. The molecule has 5 nitrogen and oxygen atoms in total. The van der Waals surface area contributed by atoms with Crippen molar-refractivity contribution in [2.24, 2.45) is 5.41 Å². The molecule has 21 heavy (non-hydrogen) atoms. The minimum Gasteiger partial charge on any atom is -0.481 e. The third kappa shape index (κ3) is 7.34. The van der Waals surface area contributed by atoms with Crippen molar-refractivity contribution < 1.29 is 14.7 Å². The Balaban J connectivity index is 2.61. The molecule has 1 atom stereocenters. The van der Waals surface area contributed by atoms with Gasteiger partial charge in [-0.2, -0.15) is 0 Å². The molecule has 0 aromatic heterocycles. The van der Waals surface area contributed by atoms with Gasteiger partial charge in [0.15, 0.2) is 0 Å². The first-order chi connectivity index (χ1) is 9.73. The molecule has 0 spiro atoms. The highest BCUT2D eigenvalue weighted by Crippen LogP contribution is 2.28. The number of unbranched alkanes of at least 4 members (excludes halogenated alkanes) is 1. The molecule has 2 N–H and O–H groups in total. The Labute approximate surface area is 128 Å². The van der Waals surface area contributed by atoms with Crippen LogP contribution in [0, 0.1) is 5.41 Å². The van der Waals surface area contributed by atoms with Crippen LogP contribution in [-0.2, 0) is 4.79 Å². The van der Waals surface area contributed by atoms with Gasteiger partial charge in [0.2, 0.25) is 0 Å². The van der Waals surface area contributed by atoms with Crippen molar-refractivity contribution >= 4 is 12.0 Å². The van der Waals surface area contributed by atoms with E-state index < -0.39 is 5.97 Å². The van der Waals surface area contributed by atoms with E-state index in [0.29, 0.717) is 12.5 Å². The van der Waals surface area contributed by atoms with Gasteiger partial charge in [-0.1, -0.05) is 34.1 Å². The normalized spacial score (nSPS) is 16.4. The topological polar surface area (TPSA) is 69.6 Å². The Hall–Kier alpha value is -1.26. The molecule has 1 fully saturated rings. The van der Waals surface area contributed by atoms with Gasteiger partial charge in [-0.25, -0.2) is 4.79 Å². The van der Waals surface area contributed by atoms with Crippen molar-refractivity contribution in [2.45, 2.75) is 78.3 Å². The first-order valence-electron chi connectivity index (χ1n) is 8.02. The fourth-order valence-electron chi connectivity index (χ4n) is 2.55. The van der Waals surface area contributed by atoms with Crippen molar-refractivity contribution in [1.29, 1.82) is 0 Å². The lowest BCUT2D eigenvalue weighted by Crippen LogP contribution is -2.47. The highest BCUT2D eigenvalue weighted by molar-refractivity contribution is 5.76. The van der Waals surface area contributed by atoms with Gasteiger partial charge in [-0.3, -0.25) is 4.79 Å². The number of urea groups is 1. The lowest BCUT2D eigenvalue weighted by Gasteiger charge is -2.29. The molecular formula is C16H30N2O3. The maximum atomic E-state index is 12.4. The fraction of sp³-hybridized carbons (Fsp3) is 0.875. The molecule has 1 aliphatic carbocycles. The molecule has 0 bridgehead atoms. The zero-order valence-corrected chi connectivity index (χ0v) is 13.8. The Kier molecular flexibility index (Phi) is 6.49. The number of carboxylic acid groups (broad SMARTS) is 1. The monoisotopic (exact) mass is 298 g/mol. The third-order valence-corrected chi connectivity index (χ3v) is 3.61. The maximum Gasteiger partial charge on any atom is 0.317 e. The van der Waals surface area contributed by atoms with E-state index in [2.05, 4.69) is 33.0 Å². The predicted molar refractivity (Wildman–Crippen MR) is 83.3 cm³/mol. The summed E-state index contributed by atoms with van der Waals surface area (Å²) in [6.45, 7) is 9.05. The standard InChI is InChI=1S/C16H30N2O3/c1-5-6-9-18(13-7-8-13)15(21)17-12(10-14(19)20)11-16(2,3)4/h12-13H,5-11H2,1-4H3,(H,17,21)(H,19,20). The summed E-state index contributed by atoms with van der Waals surface area (Å²) in [4.78, 5) is 25.3. The summed E-state index contributed by atoms with van der Waals surface area (Å²) in [5, 5.41) is 12.0. The van der Waals surface area contributed by atoms with Crippen molar-refractivity contribution in [1.82, 2.24) is 10.2 Å². The van der Waals surface area contributed by atoms with E-state index in [4.69, 9.17) is 5.11 Å². The molecule has 0 aliphatic heterocycles. The lowest BCUT2D eigenvalue weighted by molar-refractivity contribution is -0.137. The molecule has 5 heteroatoms. The second kappa shape index (κ2) is 7.66. The minimum absolute atomic E-state index is 0.0127. The van der Waals surface area contributed by atoms with E-state index >= 15 is 0 Å². The fourth-order valence-corrected chi connectivity index (χ4v) is 2.55.